The fourth-order valence-corrected chi connectivity index (χ4v) is 2.04. The molecule has 0 aliphatic heterocycles. The van der Waals surface area contributed by atoms with E-state index in [0.717, 1.165) is 0 Å². The first-order chi connectivity index (χ1) is 12.0. The number of hydrogen-bond donors (Lipinski definition) is 2. The van der Waals surface area contributed by atoms with Crippen LogP contribution in [0.1, 0.15) is 17.3 Å². The van der Waals surface area contributed by atoms with E-state index in [0.29, 0.717) is 17.1 Å². The van der Waals surface area contributed by atoms with Gasteiger partial charge in [-0.05, 0) is 30.3 Å². The van der Waals surface area contributed by atoms with Gasteiger partial charge in [-0.3, -0.25) is 9.59 Å². The SMILES string of the molecule is COc1cccc(NC(=O)COC(=O)c2cccc(NC(C)=O)c2)c1. The summed E-state index contributed by atoms with van der Waals surface area (Å²) >= 11 is 0. The minimum Gasteiger partial charge on any atom is -0.497 e. The Morgan fingerprint density at radius 2 is 1.64 bits per heavy atom. The molecule has 0 bridgehead atoms. The Kier molecular flexibility index (Phi) is 6.11. The van der Waals surface area contributed by atoms with Crippen molar-refractivity contribution in [2.75, 3.05) is 24.4 Å². The van der Waals surface area contributed by atoms with Crippen molar-refractivity contribution in [3.8, 4) is 5.75 Å². The Morgan fingerprint density at radius 1 is 0.960 bits per heavy atom. The average Bonchev–Trinajstić information content (AvgIpc) is 2.59. The van der Waals surface area contributed by atoms with E-state index in [4.69, 9.17) is 9.47 Å². The van der Waals surface area contributed by atoms with E-state index in [1.165, 1.54) is 26.2 Å². The second-order valence-corrected chi connectivity index (χ2v) is 5.12. The lowest BCUT2D eigenvalue weighted by Crippen LogP contribution is -2.21. The van der Waals surface area contributed by atoms with Gasteiger partial charge in [0.25, 0.3) is 5.91 Å². The fraction of sp³-hybridized carbons (Fsp3) is 0.167. The van der Waals surface area contributed by atoms with Gasteiger partial charge in [-0.15, -0.1) is 0 Å². The molecule has 2 N–H and O–H groups in total. The second kappa shape index (κ2) is 8.49. The predicted molar refractivity (Wildman–Crippen MR) is 92.7 cm³/mol. The highest BCUT2D eigenvalue weighted by Gasteiger charge is 2.11. The topological polar surface area (TPSA) is 93.7 Å². The largest absolute Gasteiger partial charge is 0.497 e. The molecule has 0 saturated heterocycles. The number of amides is 2. The summed E-state index contributed by atoms with van der Waals surface area (Å²) in [5.41, 5.74) is 1.25. The van der Waals surface area contributed by atoms with Crippen LogP contribution in [0.25, 0.3) is 0 Å². The standard InChI is InChI=1S/C18H18N2O5/c1-12(21)19-14-6-3-5-13(9-14)18(23)25-11-17(22)20-15-7-4-8-16(10-15)24-2/h3-10H,11H2,1-2H3,(H,19,21)(H,20,22). The summed E-state index contributed by atoms with van der Waals surface area (Å²) in [5, 5.41) is 5.18. The summed E-state index contributed by atoms with van der Waals surface area (Å²) < 4.78 is 10.0. The van der Waals surface area contributed by atoms with Crippen molar-refractivity contribution < 1.29 is 23.9 Å². The van der Waals surface area contributed by atoms with E-state index in [-0.39, 0.29) is 11.5 Å². The number of carbonyl (C=O) groups excluding carboxylic acids is 3. The number of hydrogen-bond acceptors (Lipinski definition) is 5. The number of benzene rings is 2. The molecule has 0 aliphatic rings. The lowest BCUT2D eigenvalue weighted by molar-refractivity contribution is -0.119. The summed E-state index contributed by atoms with van der Waals surface area (Å²) in [6.45, 7) is 0.939. The van der Waals surface area contributed by atoms with Crippen molar-refractivity contribution >= 4 is 29.2 Å². The fourth-order valence-electron chi connectivity index (χ4n) is 2.04. The zero-order valence-corrected chi connectivity index (χ0v) is 13.9. The molecule has 0 fully saturated rings. The quantitative estimate of drug-likeness (QED) is 0.787. The van der Waals surface area contributed by atoms with E-state index in [2.05, 4.69) is 10.6 Å². The molecule has 7 nitrogen and oxygen atoms in total. The first-order valence-electron chi connectivity index (χ1n) is 7.46. The monoisotopic (exact) mass is 342 g/mol. The molecule has 2 rings (SSSR count). The van der Waals surface area contributed by atoms with Gasteiger partial charge in [0, 0.05) is 24.4 Å². The van der Waals surface area contributed by atoms with Crippen LogP contribution in [0, 0.1) is 0 Å². The van der Waals surface area contributed by atoms with Crippen LogP contribution in [0.4, 0.5) is 11.4 Å². The highest BCUT2D eigenvalue weighted by molar-refractivity contribution is 5.96. The number of ether oxygens (including phenoxy) is 2. The Morgan fingerprint density at radius 3 is 2.32 bits per heavy atom. The lowest BCUT2D eigenvalue weighted by Gasteiger charge is -2.08. The van der Waals surface area contributed by atoms with Crippen LogP contribution in [-0.4, -0.2) is 31.5 Å². The molecule has 130 valence electrons. The molecule has 25 heavy (non-hydrogen) atoms. The molecule has 0 spiro atoms. The van der Waals surface area contributed by atoms with Gasteiger partial charge in [0.05, 0.1) is 12.7 Å². The highest BCUT2D eigenvalue weighted by atomic mass is 16.5. The van der Waals surface area contributed by atoms with E-state index >= 15 is 0 Å². The number of anilines is 2. The highest BCUT2D eigenvalue weighted by Crippen LogP contribution is 2.16. The summed E-state index contributed by atoms with van der Waals surface area (Å²) in [4.78, 5) is 34.9. The first kappa shape index (κ1) is 18.0. The van der Waals surface area contributed by atoms with Gasteiger partial charge in [-0.25, -0.2) is 4.79 Å². The van der Waals surface area contributed by atoms with Crippen LogP contribution in [0.2, 0.25) is 0 Å². The van der Waals surface area contributed by atoms with Gasteiger partial charge in [0.2, 0.25) is 5.91 Å². The molecule has 0 saturated carbocycles. The third-order valence-corrected chi connectivity index (χ3v) is 3.11. The first-order valence-corrected chi connectivity index (χ1v) is 7.46. The lowest BCUT2D eigenvalue weighted by atomic mass is 10.2. The summed E-state index contributed by atoms with van der Waals surface area (Å²) in [6, 6.07) is 13.1. The molecule has 0 aliphatic carbocycles. The Bertz CT molecular complexity index is 789. The van der Waals surface area contributed by atoms with Crippen LogP contribution in [0.3, 0.4) is 0 Å². The maximum atomic E-state index is 12.0. The van der Waals surface area contributed by atoms with Crippen molar-refractivity contribution in [2.45, 2.75) is 6.92 Å². The van der Waals surface area contributed by atoms with Crippen molar-refractivity contribution in [3.63, 3.8) is 0 Å². The molecular formula is C18H18N2O5. The molecule has 2 aromatic carbocycles. The number of esters is 1. The minimum atomic E-state index is -0.659. The van der Waals surface area contributed by atoms with Crippen LogP contribution >= 0.6 is 0 Å². The van der Waals surface area contributed by atoms with Gasteiger partial charge in [-0.1, -0.05) is 12.1 Å². The van der Waals surface area contributed by atoms with E-state index in [1.54, 1.807) is 36.4 Å². The Hall–Kier alpha value is -3.35. The molecule has 0 radical (unpaired) electrons. The summed E-state index contributed by atoms with van der Waals surface area (Å²) in [5.74, 6) is -0.777. The normalized spacial score (nSPS) is 9.84. The van der Waals surface area contributed by atoms with Crippen molar-refractivity contribution in [1.29, 1.82) is 0 Å². The maximum absolute atomic E-state index is 12.0. The maximum Gasteiger partial charge on any atom is 0.338 e. The van der Waals surface area contributed by atoms with Gasteiger partial charge in [-0.2, -0.15) is 0 Å². The molecule has 0 atom stereocenters. The van der Waals surface area contributed by atoms with Crippen molar-refractivity contribution in [2.24, 2.45) is 0 Å². The van der Waals surface area contributed by atoms with Crippen LogP contribution in [0.15, 0.2) is 48.5 Å². The Labute approximate surface area is 144 Å². The second-order valence-electron chi connectivity index (χ2n) is 5.12. The molecule has 2 aromatic rings. The van der Waals surface area contributed by atoms with Crippen molar-refractivity contribution in [1.82, 2.24) is 0 Å². The van der Waals surface area contributed by atoms with E-state index in [9.17, 15) is 14.4 Å². The molecule has 0 unspecified atom stereocenters. The smallest absolute Gasteiger partial charge is 0.338 e. The minimum absolute atomic E-state index is 0.237. The molecule has 7 heteroatoms. The molecular weight excluding hydrogens is 324 g/mol. The van der Waals surface area contributed by atoms with Gasteiger partial charge in [0.15, 0.2) is 6.61 Å². The molecule has 0 heterocycles. The average molecular weight is 342 g/mol. The van der Waals surface area contributed by atoms with Gasteiger partial charge < -0.3 is 20.1 Å². The number of carbonyl (C=O) groups is 3. The van der Waals surface area contributed by atoms with Gasteiger partial charge >= 0.3 is 5.97 Å². The van der Waals surface area contributed by atoms with Crippen LogP contribution in [-0.2, 0) is 14.3 Å². The van der Waals surface area contributed by atoms with Gasteiger partial charge in [0.1, 0.15) is 5.75 Å². The summed E-state index contributed by atoms with van der Waals surface area (Å²) in [6.07, 6.45) is 0. The summed E-state index contributed by atoms with van der Waals surface area (Å²) in [7, 11) is 1.53. The zero-order chi connectivity index (χ0) is 18.2. The third-order valence-electron chi connectivity index (χ3n) is 3.11. The molecule has 0 aromatic heterocycles. The number of rotatable bonds is 6. The number of methoxy groups -OCH3 is 1. The van der Waals surface area contributed by atoms with Crippen LogP contribution in [0.5, 0.6) is 5.75 Å². The zero-order valence-electron chi connectivity index (χ0n) is 13.9. The predicted octanol–water partition coefficient (Wildman–Crippen LogP) is 2.45. The van der Waals surface area contributed by atoms with Crippen LogP contribution < -0.4 is 15.4 Å². The number of nitrogens with one attached hydrogen (secondary N) is 2. The third kappa shape index (κ3) is 5.65. The Balaban J connectivity index is 1.90. The van der Waals surface area contributed by atoms with E-state index < -0.39 is 18.5 Å². The van der Waals surface area contributed by atoms with E-state index in [1.807, 2.05) is 0 Å². The molecule has 2 amide bonds. The van der Waals surface area contributed by atoms with Crippen molar-refractivity contribution in [3.05, 3.63) is 54.1 Å².